The molecule has 0 bridgehead atoms. The summed E-state index contributed by atoms with van der Waals surface area (Å²) in [5.41, 5.74) is 1.54. The molecule has 0 unspecified atom stereocenters. The standard InChI is InChI=1S/C21H26BrNO5/c1-5-27-17-8-7-15(12-20(17)28-6-2)21(24)23-10-9-14-11-18(25-3)19(26-4)13-16(14)22/h7-8,11-13H,5-6,9-10H2,1-4H3,(H,23,24). The summed E-state index contributed by atoms with van der Waals surface area (Å²) in [4.78, 5) is 12.5. The van der Waals surface area contributed by atoms with E-state index in [0.29, 0.717) is 54.7 Å². The molecule has 2 rings (SSSR count). The van der Waals surface area contributed by atoms with E-state index in [1.54, 1.807) is 32.4 Å². The molecular formula is C21H26BrNO5. The van der Waals surface area contributed by atoms with Gasteiger partial charge in [0, 0.05) is 16.6 Å². The van der Waals surface area contributed by atoms with E-state index in [0.717, 1.165) is 10.0 Å². The molecule has 152 valence electrons. The van der Waals surface area contributed by atoms with Crippen LogP contribution in [-0.4, -0.2) is 39.9 Å². The molecule has 0 fully saturated rings. The number of benzene rings is 2. The summed E-state index contributed by atoms with van der Waals surface area (Å²) in [6, 6.07) is 8.95. The van der Waals surface area contributed by atoms with Crippen LogP contribution in [-0.2, 0) is 6.42 Å². The Bertz CT molecular complexity index is 810. The van der Waals surface area contributed by atoms with Gasteiger partial charge < -0.3 is 24.3 Å². The van der Waals surface area contributed by atoms with Gasteiger partial charge in [0.15, 0.2) is 23.0 Å². The number of halogens is 1. The first kappa shape index (κ1) is 21.9. The third kappa shape index (κ3) is 5.55. The van der Waals surface area contributed by atoms with Crippen molar-refractivity contribution < 1.29 is 23.7 Å². The largest absolute Gasteiger partial charge is 0.493 e. The highest BCUT2D eigenvalue weighted by Gasteiger charge is 2.13. The van der Waals surface area contributed by atoms with Crippen LogP contribution in [0.3, 0.4) is 0 Å². The Labute approximate surface area is 174 Å². The SMILES string of the molecule is CCOc1ccc(C(=O)NCCc2cc(OC)c(OC)cc2Br)cc1OCC. The smallest absolute Gasteiger partial charge is 0.251 e. The first-order valence-electron chi connectivity index (χ1n) is 9.12. The predicted octanol–water partition coefficient (Wildman–Crippen LogP) is 4.24. The van der Waals surface area contributed by atoms with Crippen molar-refractivity contribution in [3.05, 3.63) is 45.9 Å². The highest BCUT2D eigenvalue weighted by Crippen LogP contribution is 2.33. The Morgan fingerprint density at radius 1 is 0.929 bits per heavy atom. The summed E-state index contributed by atoms with van der Waals surface area (Å²) in [7, 11) is 3.19. The summed E-state index contributed by atoms with van der Waals surface area (Å²) >= 11 is 3.53. The fourth-order valence-electron chi connectivity index (χ4n) is 2.69. The number of rotatable bonds is 10. The monoisotopic (exact) mass is 451 g/mol. The molecule has 2 aromatic rings. The minimum atomic E-state index is -0.166. The fourth-order valence-corrected chi connectivity index (χ4v) is 3.21. The number of hydrogen-bond acceptors (Lipinski definition) is 5. The van der Waals surface area contributed by atoms with Crippen molar-refractivity contribution >= 4 is 21.8 Å². The molecule has 6 nitrogen and oxygen atoms in total. The van der Waals surface area contributed by atoms with Crippen molar-refractivity contribution in [2.24, 2.45) is 0 Å². The van der Waals surface area contributed by atoms with E-state index >= 15 is 0 Å². The molecule has 28 heavy (non-hydrogen) atoms. The van der Waals surface area contributed by atoms with Crippen LogP contribution in [0, 0.1) is 0 Å². The maximum absolute atomic E-state index is 12.5. The van der Waals surface area contributed by atoms with E-state index in [4.69, 9.17) is 18.9 Å². The molecule has 0 aliphatic rings. The minimum absolute atomic E-state index is 0.166. The lowest BCUT2D eigenvalue weighted by molar-refractivity contribution is 0.0953. The highest BCUT2D eigenvalue weighted by molar-refractivity contribution is 9.10. The lowest BCUT2D eigenvalue weighted by atomic mass is 10.1. The summed E-state index contributed by atoms with van der Waals surface area (Å²) < 4.78 is 22.6. The molecule has 0 heterocycles. The zero-order valence-electron chi connectivity index (χ0n) is 16.6. The zero-order chi connectivity index (χ0) is 20.5. The quantitative estimate of drug-likeness (QED) is 0.585. The average Bonchev–Trinajstić information content (AvgIpc) is 2.70. The molecule has 0 saturated carbocycles. The second-order valence-electron chi connectivity index (χ2n) is 5.83. The number of nitrogens with one attached hydrogen (secondary N) is 1. The molecule has 1 N–H and O–H groups in total. The maximum Gasteiger partial charge on any atom is 0.251 e. The molecule has 2 aromatic carbocycles. The lowest BCUT2D eigenvalue weighted by Crippen LogP contribution is -2.25. The fraction of sp³-hybridized carbons (Fsp3) is 0.381. The van der Waals surface area contributed by atoms with Crippen LogP contribution < -0.4 is 24.3 Å². The number of methoxy groups -OCH3 is 2. The van der Waals surface area contributed by atoms with Crippen LogP contribution in [0.5, 0.6) is 23.0 Å². The second-order valence-corrected chi connectivity index (χ2v) is 6.69. The molecule has 0 aromatic heterocycles. The van der Waals surface area contributed by atoms with Gasteiger partial charge in [0.2, 0.25) is 0 Å². The van der Waals surface area contributed by atoms with Gasteiger partial charge >= 0.3 is 0 Å². The van der Waals surface area contributed by atoms with Crippen molar-refractivity contribution in [3.8, 4) is 23.0 Å². The lowest BCUT2D eigenvalue weighted by Gasteiger charge is -2.13. The van der Waals surface area contributed by atoms with Gasteiger partial charge in [-0.25, -0.2) is 0 Å². The highest BCUT2D eigenvalue weighted by atomic mass is 79.9. The molecule has 0 aliphatic heterocycles. The minimum Gasteiger partial charge on any atom is -0.493 e. The van der Waals surface area contributed by atoms with Crippen LogP contribution in [0.15, 0.2) is 34.8 Å². The first-order valence-corrected chi connectivity index (χ1v) is 9.91. The van der Waals surface area contributed by atoms with Crippen molar-refractivity contribution in [3.63, 3.8) is 0 Å². The van der Waals surface area contributed by atoms with Crippen LogP contribution in [0.25, 0.3) is 0 Å². The summed E-state index contributed by atoms with van der Waals surface area (Å²) in [6.45, 7) is 5.31. The molecule has 0 saturated heterocycles. The third-order valence-corrected chi connectivity index (χ3v) is 4.78. The van der Waals surface area contributed by atoms with Gasteiger partial charge in [-0.15, -0.1) is 0 Å². The van der Waals surface area contributed by atoms with Gasteiger partial charge in [-0.3, -0.25) is 4.79 Å². The van der Waals surface area contributed by atoms with Crippen LogP contribution in [0.1, 0.15) is 29.8 Å². The van der Waals surface area contributed by atoms with E-state index in [1.165, 1.54) is 0 Å². The molecule has 0 radical (unpaired) electrons. The van der Waals surface area contributed by atoms with Crippen molar-refractivity contribution in [2.45, 2.75) is 20.3 Å². The third-order valence-electron chi connectivity index (χ3n) is 4.04. The van der Waals surface area contributed by atoms with E-state index in [2.05, 4.69) is 21.2 Å². The Kier molecular flexibility index (Phi) is 8.44. The predicted molar refractivity (Wildman–Crippen MR) is 112 cm³/mol. The van der Waals surface area contributed by atoms with Crippen LogP contribution >= 0.6 is 15.9 Å². The van der Waals surface area contributed by atoms with Crippen LogP contribution in [0.4, 0.5) is 0 Å². The number of carbonyl (C=O) groups is 1. The molecule has 0 atom stereocenters. The Morgan fingerprint density at radius 2 is 1.57 bits per heavy atom. The van der Waals surface area contributed by atoms with E-state index in [1.807, 2.05) is 26.0 Å². The van der Waals surface area contributed by atoms with Gasteiger partial charge in [-0.1, -0.05) is 15.9 Å². The second kappa shape index (κ2) is 10.8. The van der Waals surface area contributed by atoms with Gasteiger partial charge in [0.25, 0.3) is 5.91 Å². The Hall–Kier alpha value is -2.41. The molecule has 1 amide bonds. The normalized spacial score (nSPS) is 10.3. The molecule has 7 heteroatoms. The maximum atomic E-state index is 12.5. The van der Waals surface area contributed by atoms with Crippen molar-refractivity contribution in [1.82, 2.24) is 5.32 Å². The summed E-state index contributed by atoms with van der Waals surface area (Å²) in [6.07, 6.45) is 0.641. The van der Waals surface area contributed by atoms with Gasteiger partial charge in [-0.05, 0) is 56.2 Å². The number of amides is 1. The summed E-state index contributed by atoms with van der Waals surface area (Å²) in [5.74, 6) is 2.34. The topological polar surface area (TPSA) is 66.0 Å². The van der Waals surface area contributed by atoms with Gasteiger partial charge in [-0.2, -0.15) is 0 Å². The van der Waals surface area contributed by atoms with E-state index in [-0.39, 0.29) is 5.91 Å². The number of hydrogen-bond donors (Lipinski definition) is 1. The number of carbonyl (C=O) groups excluding carboxylic acids is 1. The van der Waals surface area contributed by atoms with Gasteiger partial charge in [0.1, 0.15) is 0 Å². The van der Waals surface area contributed by atoms with E-state index < -0.39 is 0 Å². The van der Waals surface area contributed by atoms with Crippen LogP contribution in [0.2, 0.25) is 0 Å². The average molecular weight is 452 g/mol. The zero-order valence-corrected chi connectivity index (χ0v) is 18.2. The first-order chi connectivity index (χ1) is 13.5. The van der Waals surface area contributed by atoms with Crippen molar-refractivity contribution in [2.75, 3.05) is 34.0 Å². The van der Waals surface area contributed by atoms with E-state index in [9.17, 15) is 4.79 Å². The summed E-state index contributed by atoms with van der Waals surface area (Å²) in [5, 5.41) is 2.93. The Balaban J connectivity index is 2.03. The Morgan fingerprint density at radius 3 is 2.21 bits per heavy atom. The number of ether oxygens (including phenoxy) is 4. The molecule has 0 spiro atoms. The van der Waals surface area contributed by atoms with Gasteiger partial charge in [0.05, 0.1) is 27.4 Å². The molecular weight excluding hydrogens is 426 g/mol. The van der Waals surface area contributed by atoms with Crippen molar-refractivity contribution in [1.29, 1.82) is 0 Å². The molecule has 0 aliphatic carbocycles.